The molecule has 4 aromatic carbocycles. The quantitative estimate of drug-likeness (QED) is 0.0396. The molecule has 0 aliphatic heterocycles. The number of unbranched alkanes of at least 4 members (excludes halogenated alkanes) is 16. The fourth-order valence-electron chi connectivity index (χ4n) is 8.72. The van der Waals surface area contributed by atoms with Crippen LogP contribution in [0.5, 0.6) is 0 Å². The van der Waals surface area contributed by atoms with Crippen LogP contribution >= 0.6 is 22.7 Å². The highest BCUT2D eigenvalue weighted by Crippen LogP contribution is 2.40. The molecule has 0 radical (unpaired) electrons. The van der Waals surface area contributed by atoms with Gasteiger partial charge in [0.15, 0.2) is 0 Å². The zero-order valence-corrected chi connectivity index (χ0v) is 44.8. The zero-order chi connectivity index (χ0) is 48.9. The first kappa shape index (κ1) is 53.9. The Morgan fingerprint density at radius 1 is 0.271 bits per heavy atom. The highest BCUT2D eigenvalue weighted by atomic mass is 32.1. The summed E-state index contributed by atoms with van der Waals surface area (Å²) in [5.41, 5.74) is 11.6. The number of benzene rings is 4. The molecule has 362 valence electrons. The van der Waals surface area contributed by atoms with Crippen molar-refractivity contribution in [3.05, 3.63) is 175 Å². The Bertz CT molecular complexity index is 2500. The van der Waals surface area contributed by atoms with Crippen molar-refractivity contribution in [2.45, 2.75) is 182 Å². The minimum absolute atomic E-state index is 0.978. The van der Waals surface area contributed by atoms with Gasteiger partial charge in [0.2, 0.25) is 0 Å². The van der Waals surface area contributed by atoms with Crippen LogP contribution in [0.1, 0.15) is 222 Å². The second-order valence-electron chi connectivity index (χ2n) is 19.2. The maximum atomic E-state index is 3.62. The summed E-state index contributed by atoms with van der Waals surface area (Å²) < 4.78 is 0. The normalized spacial score (nSPS) is 10.6. The molecule has 2 heterocycles. The number of rotatable bonds is 25. The minimum Gasteiger partial charge on any atom is -0.124 e. The van der Waals surface area contributed by atoms with Gasteiger partial charge in [-0.25, -0.2) is 0 Å². The Labute approximate surface area is 433 Å². The molecule has 70 heavy (non-hydrogen) atoms. The Morgan fingerprint density at radius 3 is 0.771 bits per heavy atom. The van der Waals surface area contributed by atoms with Crippen LogP contribution in [0.25, 0.3) is 9.75 Å². The molecule has 0 amide bonds. The van der Waals surface area contributed by atoms with E-state index in [0.29, 0.717) is 0 Å². The average Bonchev–Trinajstić information content (AvgIpc) is 4.00. The molecule has 0 saturated carbocycles. The standard InChI is InChI=1S/C68H78S2/c1-5-9-13-17-21-25-55-29-37-59(38-30-55)45-49-63-53-65(51-47-61-41-33-57(34-42-61)27-23-19-15-11-7-3)69-67(63)68-64(50-46-60-39-31-56(32-40-60)26-22-18-14-10-6-2)54-66(70-68)52-48-62-43-35-58(36-44-62)28-24-20-16-12-8-4/h29-44,53-54H,5-28H2,1-4H3. The lowest BCUT2D eigenvalue weighted by Crippen LogP contribution is -1.87. The van der Waals surface area contributed by atoms with Crippen molar-refractivity contribution in [1.29, 1.82) is 0 Å². The molecule has 0 N–H and O–H groups in total. The maximum absolute atomic E-state index is 3.62. The van der Waals surface area contributed by atoms with Crippen LogP contribution in [0, 0.1) is 47.4 Å². The third-order valence-electron chi connectivity index (χ3n) is 13.1. The molecule has 6 rings (SSSR count). The Kier molecular flexibility index (Phi) is 24.4. The van der Waals surface area contributed by atoms with Crippen molar-refractivity contribution in [3.8, 4) is 57.1 Å². The van der Waals surface area contributed by atoms with Gasteiger partial charge in [0.05, 0.1) is 19.5 Å². The van der Waals surface area contributed by atoms with Crippen LogP contribution in [0.15, 0.2) is 109 Å². The smallest absolute Gasteiger partial charge is 0.0792 e. The lowest BCUT2D eigenvalue weighted by Gasteiger charge is -2.02. The van der Waals surface area contributed by atoms with E-state index in [1.165, 1.54) is 151 Å². The van der Waals surface area contributed by atoms with Crippen molar-refractivity contribution in [3.63, 3.8) is 0 Å². The predicted molar refractivity (Wildman–Crippen MR) is 307 cm³/mol. The molecule has 0 nitrogen and oxygen atoms in total. The molecule has 0 aliphatic rings. The van der Waals surface area contributed by atoms with E-state index in [-0.39, 0.29) is 0 Å². The van der Waals surface area contributed by atoms with E-state index in [0.717, 1.165) is 78.6 Å². The third kappa shape index (κ3) is 19.4. The maximum Gasteiger partial charge on any atom is 0.0792 e. The van der Waals surface area contributed by atoms with Gasteiger partial charge in [-0.1, -0.05) is 226 Å². The van der Waals surface area contributed by atoms with Crippen LogP contribution in [-0.2, 0) is 25.7 Å². The highest BCUT2D eigenvalue weighted by molar-refractivity contribution is 7.23. The number of hydrogen-bond donors (Lipinski definition) is 0. The molecule has 0 saturated heterocycles. The summed E-state index contributed by atoms with van der Waals surface area (Å²) in [5.74, 6) is 28.4. The second-order valence-corrected chi connectivity index (χ2v) is 21.3. The monoisotopic (exact) mass is 959 g/mol. The summed E-state index contributed by atoms with van der Waals surface area (Å²) >= 11 is 3.43. The lowest BCUT2D eigenvalue weighted by molar-refractivity contribution is 0.632. The van der Waals surface area contributed by atoms with E-state index in [4.69, 9.17) is 0 Å². The van der Waals surface area contributed by atoms with Gasteiger partial charge in [-0.15, -0.1) is 22.7 Å². The molecule has 0 spiro atoms. The van der Waals surface area contributed by atoms with Crippen LogP contribution in [0.2, 0.25) is 0 Å². The summed E-state index contributed by atoms with van der Waals surface area (Å²) in [5, 5.41) is 0. The predicted octanol–water partition coefficient (Wildman–Crippen LogP) is 19.1. The molecule has 0 atom stereocenters. The van der Waals surface area contributed by atoms with Crippen molar-refractivity contribution >= 4 is 22.7 Å². The molecule has 0 aliphatic carbocycles. The first-order valence-corrected chi connectivity index (χ1v) is 28.9. The molecule has 6 aromatic rings. The Balaban J connectivity index is 1.31. The van der Waals surface area contributed by atoms with Crippen LogP contribution in [0.3, 0.4) is 0 Å². The summed E-state index contributed by atoms with van der Waals surface area (Å²) in [7, 11) is 0. The second kappa shape index (κ2) is 31.7. The summed E-state index contributed by atoms with van der Waals surface area (Å²) in [6, 6.07) is 39.9. The van der Waals surface area contributed by atoms with Crippen molar-refractivity contribution in [1.82, 2.24) is 0 Å². The molecular formula is C68H78S2. The van der Waals surface area contributed by atoms with E-state index >= 15 is 0 Å². The van der Waals surface area contributed by atoms with Gasteiger partial charge in [-0.3, -0.25) is 0 Å². The van der Waals surface area contributed by atoms with Crippen LogP contribution < -0.4 is 0 Å². The molecule has 0 fully saturated rings. The molecule has 0 bridgehead atoms. The average molecular weight is 960 g/mol. The Hall–Kier alpha value is -5.48. The molecule has 0 unspecified atom stereocenters. The van der Waals surface area contributed by atoms with Crippen molar-refractivity contribution < 1.29 is 0 Å². The van der Waals surface area contributed by atoms with Gasteiger partial charge in [-0.05, 0) is 134 Å². The highest BCUT2D eigenvalue weighted by Gasteiger charge is 2.16. The van der Waals surface area contributed by atoms with Gasteiger partial charge in [0.1, 0.15) is 0 Å². The van der Waals surface area contributed by atoms with Crippen LogP contribution in [0.4, 0.5) is 0 Å². The first-order valence-electron chi connectivity index (χ1n) is 27.2. The van der Waals surface area contributed by atoms with Gasteiger partial charge < -0.3 is 0 Å². The third-order valence-corrected chi connectivity index (χ3v) is 15.4. The first-order chi connectivity index (χ1) is 34.5. The van der Waals surface area contributed by atoms with Gasteiger partial charge in [0.25, 0.3) is 0 Å². The molecular weight excluding hydrogens is 881 g/mol. The van der Waals surface area contributed by atoms with Gasteiger partial charge >= 0.3 is 0 Å². The van der Waals surface area contributed by atoms with Gasteiger partial charge in [0, 0.05) is 33.4 Å². The number of aryl methyl sites for hydroxylation is 4. The summed E-state index contributed by atoms with van der Waals surface area (Å²) in [4.78, 5) is 4.19. The minimum atomic E-state index is 0.978. The van der Waals surface area contributed by atoms with E-state index in [1.54, 1.807) is 22.7 Å². The summed E-state index contributed by atoms with van der Waals surface area (Å²) in [6.45, 7) is 9.10. The lowest BCUT2D eigenvalue weighted by atomic mass is 10.0. The fourth-order valence-corrected chi connectivity index (χ4v) is 10.8. The van der Waals surface area contributed by atoms with E-state index in [9.17, 15) is 0 Å². The van der Waals surface area contributed by atoms with Crippen molar-refractivity contribution in [2.75, 3.05) is 0 Å². The largest absolute Gasteiger partial charge is 0.124 e. The summed E-state index contributed by atoms with van der Waals surface area (Å²) in [6.07, 6.45) is 30.4. The number of hydrogen-bond acceptors (Lipinski definition) is 2. The van der Waals surface area contributed by atoms with Crippen LogP contribution in [-0.4, -0.2) is 0 Å². The van der Waals surface area contributed by atoms with Crippen molar-refractivity contribution in [2.24, 2.45) is 0 Å². The van der Waals surface area contributed by atoms with E-state index in [1.807, 2.05) is 0 Å². The topological polar surface area (TPSA) is 0 Å². The van der Waals surface area contributed by atoms with Gasteiger partial charge in [-0.2, -0.15) is 0 Å². The fraction of sp³-hybridized carbons (Fsp3) is 0.412. The number of thiophene rings is 2. The van der Waals surface area contributed by atoms with E-state index < -0.39 is 0 Å². The molecule has 2 heteroatoms. The van der Waals surface area contributed by atoms with E-state index in [2.05, 4.69) is 184 Å². The zero-order valence-electron chi connectivity index (χ0n) is 43.2. The molecule has 2 aromatic heterocycles. The Morgan fingerprint density at radius 2 is 0.514 bits per heavy atom. The SMILES string of the molecule is CCCCCCCc1ccc(C#Cc2cc(C#Cc3ccc(CCCCCCC)cc3)c(-c3sc(C#Cc4ccc(CCCCCCC)cc4)cc3C#Cc3ccc(CCCCCCC)cc3)s2)cc1.